The molecule has 0 aliphatic carbocycles. The summed E-state index contributed by atoms with van der Waals surface area (Å²) in [7, 11) is 1.52. The lowest BCUT2D eigenvalue weighted by Crippen LogP contribution is -2.39. The van der Waals surface area contributed by atoms with Gasteiger partial charge in [-0.3, -0.25) is 4.79 Å². The monoisotopic (exact) mass is 222 g/mol. The fourth-order valence-corrected chi connectivity index (χ4v) is 1.31. The summed E-state index contributed by atoms with van der Waals surface area (Å²) in [6.07, 6.45) is 0.984. The second-order valence-corrected chi connectivity index (χ2v) is 3.60. The maximum atomic E-state index is 11.5. The molecule has 4 nitrogen and oxygen atoms in total. The van der Waals surface area contributed by atoms with Crippen LogP contribution in [0.5, 0.6) is 0 Å². The largest absolute Gasteiger partial charge is 0.383 e. The highest BCUT2D eigenvalue weighted by Crippen LogP contribution is 2.10. The first-order valence-electron chi connectivity index (χ1n) is 5.31. The van der Waals surface area contributed by atoms with Crippen LogP contribution in [0.1, 0.15) is 12.5 Å². The Balaban J connectivity index is 2.55. The van der Waals surface area contributed by atoms with Gasteiger partial charge in [-0.1, -0.05) is 19.1 Å². The van der Waals surface area contributed by atoms with Crippen molar-refractivity contribution in [3.05, 3.63) is 29.8 Å². The number of rotatable bonds is 5. The van der Waals surface area contributed by atoms with Gasteiger partial charge >= 0.3 is 0 Å². The number of hydrogen-bond acceptors (Lipinski definition) is 3. The van der Waals surface area contributed by atoms with Crippen molar-refractivity contribution in [3.8, 4) is 0 Å². The zero-order chi connectivity index (χ0) is 12.0. The maximum absolute atomic E-state index is 11.5. The van der Waals surface area contributed by atoms with Crippen LogP contribution >= 0.6 is 0 Å². The third kappa shape index (κ3) is 3.64. The van der Waals surface area contributed by atoms with Crippen molar-refractivity contribution in [3.63, 3.8) is 0 Å². The normalized spacial score (nSPS) is 12.2. The molecular weight excluding hydrogens is 204 g/mol. The van der Waals surface area contributed by atoms with Crippen molar-refractivity contribution in [1.82, 2.24) is 0 Å². The van der Waals surface area contributed by atoms with Gasteiger partial charge in [0.1, 0.15) is 6.04 Å². The van der Waals surface area contributed by atoms with Gasteiger partial charge in [0.05, 0.1) is 6.61 Å². The van der Waals surface area contributed by atoms with Crippen molar-refractivity contribution < 1.29 is 9.53 Å². The van der Waals surface area contributed by atoms with E-state index in [9.17, 15) is 4.79 Å². The van der Waals surface area contributed by atoms with E-state index < -0.39 is 6.04 Å². The fraction of sp³-hybridized carbons (Fsp3) is 0.417. The van der Waals surface area contributed by atoms with Gasteiger partial charge in [-0.2, -0.15) is 0 Å². The van der Waals surface area contributed by atoms with Crippen LogP contribution in [-0.4, -0.2) is 25.7 Å². The Kier molecular flexibility index (Phi) is 4.95. The lowest BCUT2D eigenvalue weighted by atomic mass is 10.1. The molecule has 0 spiro atoms. The highest BCUT2D eigenvalue weighted by atomic mass is 16.5. The number of benzene rings is 1. The van der Waals surface area contributed by atoms with Crippen LogP contribution in [0.3, 0.4) is 0 Å². The molecule has 1 aromatic carbocycles. The number of anilines is 1. The van der Waals surface area contributed by atoms with Gasteiger partial charge in [-0.05, 0) is 24.1 Å². The van der Waals surface area contributed by atoms with Crippen LogP contribution in [-0.2, 0) is 16.0 Å². The van der Waals surface area contributed by atoms with Crippen LogP contribution in [0.15, 0.2) is 24.3 Å². The predicted molar refractivity (Wildman–Crippen MR) is 64.3 cm³/mol. The Hall–Kier alpha value is -1.39. The number of carbonyl (C=O) groups excluding carboxylic acids is 1. The zero-order valence-electron chi connectivity index (χ0n) is 9.69. The van der Waals surface area contributed by atoms with Crippen molar-refractivity contribution in [2.45, 2.75) is 19.4 Å². The molecule has 0 aliphatic rings. The lowest BCUT2D eigenvalue weighted by Gasteiger charge is -2.11. The van der Waals surface area contributed by atoms with Gasteiger partial charge in [0.25, 0.3) is 0 Å². The Morgan fingerprint density at radius 1 is 1.44 bits per heavy atom. The smallest absolute Gasteiger partial charge is 0.243 e. The molecule has 0 fully saturated rings. The molecule has 0 saturated heterocycles. The Bertz CT molecular complexity index is 335. The van der Waals surface area contributed by atoms with Crippen molar-refractivity contribution >= 4 is 11.6 Å². The molecule has 4 heteroatoms. The van der Waals surface area contributed by atoms with Crippen molar-refractivity contribution in [2.75, 3.05) is 19.0 Å². The van der Waals surface area contributed by atoms with E-state index in [-0.39, 0.29) is 12.5 Å². The summed E-state index contributed by atoms with van der Waals surface area (Å²) in [5, 5.41) is 2.73. The lowest BCUT2D eigenvalue weighted by molar-refractivity contribution is -0.118. The van der Waals surface area contributed by atoms with Gasteiger partial charge in [0.15, 0.2) is 0 Å². The number of ether oxygens (including phenoxy) is 1. The number of methoxy groups -OCH3 is 1. The fourth-order valence-electron chi connectivity index (χ4n) is 1.31. The van der Waals surface area contributed by atoms with E-state index in [0.29, 0.717) is 0 Å². The van der Waals surface area contributed by atoms with Crippen molar-refractivity contribution in [1.29, 1.82) is 0 Å². The summed E-state index contributed by atoms with van der Waals surface area (Å²) < 4.78 is 4.81. The molecule has 0 heterocycles. The van der Waals surface area contributed by atoms with E-state index >= 15 is 0 Å². The predicted octanol–water partition coefficient (Wildman–Crippen LogP) is 1.16. The number of nitrogens with one attached hydrogen (secondary N) is 1. The standard InChI is InChI=1S/C12H18N2O2/c1-3-9-4-6-10(7-5-9)14-12(15)11(13)8-16-2/h4-7,11H,3,8,13H2,1-2H3,(H,14,15). The molecular formula is C12H18N2O2. The van der Waals surface area contributed by atoms with E-state index in [2.05, 4.69) is 12.2 Å². The molecule has 1 unspecified atom stereocenters. The summed E-state index contributed by atoms with van der Waals surface area (Å²) in [5.41, 5.74) is 7.59. The molecule has 0 aromatic heterocycles. The van der Waals surface area contributed by atoms with E-state index in [0.717, 1.165) is 12.1 Å². The minimum absolute atomic E-state index is 0.221. The third-order valence-corrected chi connectivity index (χ3v) is 2.31. The molecule has 0 saturated carbocycles. The Labute approximate surface area is 95.8 Å². The van der Waals surface area contributed by atoms with Gasteiger partial charge in [0.2, 0.25) is 5.91 Å². The molecule has 1 amide bonds. The number of carbonyl (C=O) groups is 1. The van der Waals surface area contributed by atoms with Gasteiger partial charge < -0.3 is 15.8 Å². The number of hydrogen-bond donors (Lipinski definition) is 2. The molecule has 1 atom stereocenters. The average molecular weight is 222 g/mol. The molecule has 1 aromatic rings. The molecule has 0 aliphatic heterocycles. The summed E-state index contributed by atoms with van der Waals surface area (Å²) in [6.45, 7) is 2.31. The van der Waals surface area contributed by atoms with Crippen LogP contribution in [0.4, 0.5) is 5.69 Å². The minimum Gasteiger partial charge on any atom is -0.383 e. The van der Waals surface area contributed by atoms with Gasteiger partial charge in [0, 0.05) is 12.8 Å². The van der Waals surface area contributed by atoms with Crippen molar-refractivity contribution in [2.24, 2.45) is 5.73 Å². The quantitative estimate of drug-likeness (QED) is 0.785. The molecule has 16 heavy (non-hydrogen) atoms. The summed E-state index contributed by atoms with van der Waals surface area (Å²) in [5.74, 6) is -0.230. The molecule has 88 valence electrons. The average Bonchev–Trinajstić information content (AvgIpc) is 2.30. The van der Waals surface area contributed by atoms with Crippen LogP contribution in [0, 0.1) is 0 Å². The SMILES string of the molecule is CCc1ccc(NC(=O)C(N)COC)cc1. The summed E-state index contributed by atoms with van der Waals surface area (Å²) in [4.78, 5) is 11.5. The van der Waals surface area contributed by atoms with Gasteiger partial charge in [-0.25, -0.2) is 0 Å². The highest BCUT2D eigenvalue weighted by Gasteiger charge is 2.12. The van der Waals surface area contributed by atoms with Gasteiger partial charge in [-0.15, -0.1) is 0 Å². The molecule has 3 N–H and O–H groups in total. The number of amides is 1. The number of aryl methyl sites for hydroxylation is 1. The maximum Gasteiger partial charge on any atom is 0.243 e. The first-order valence-corrected chi connectivity index (χ1v) is 5.31. The first kappa shape index (κ1) is 12.7. The second-order valence-electron chi connectivity index (χ2n) is 3.60. The third-order valence-electron chi connectivity index (χ3n) is 2.31. The Morgan fingerprint density at radius 2 is 2.06 bits per heavy atom. The Morgan fingerprint density at radius 3 is 2.56 bits per heavy atom. The van der Waals surface area contributed by atoms with Crippen LogP contribution in [0.2, 0.25) is 0 Å². The van der Waals surface area contributed by atoms with E-state index in [1.54, 1.807) is 0 Å². The number of nitrogens with two attached hydrogens (primary N) is 1. The second kappa shape index (κ2) is 6.25. The molecule has 0 radical (unpaired) electrons. The first-order chi connectivity index (χ1) is 7.67. The van der Waals surface area contributed by atoms with E-state index in [1.807, 2.05) is 24.3 Å². The summed E-state index contributed by atoms with van der Waals surface area (Å²) in [6, 6.07) is 7.08. The van der Waals surface area contributed by atoms with E-state index in [4.69, 9.17) is 10.5 Å². The molecule has 0 bridgehead atoms. The van der Waals surface area contributed by atoms with Crippen LogP contribution in [0.25, 0.3) is 0 Å². The van der Waals surface area contributed by atoms with Crippen LogP contribution < -0.4 is 11.1 Å². The summed E-state index contributed by atoms with van der Waals surface area (Å²) >= 11 is 0. The van der Waals surface area contributed by atoms with E-state index in [1.165, 1.54) is 12.7 Å². The topological polar surface area (TPSA) is 64.4 Å². The molecule has 1 rings (SSSR count). The minimum atomic E-state index is -0.629. The highest BCUT2D eigenvalue weighted by molar-refractivity contribution is 5.94. The zero-order valence-corrected chi connectivity index (χ0v) is 9.69.